The lowest BCUT2D eigenvalue weighted by molar-refractivity contribution is 0.0636. The van der Waals surface area contributed by atoms with Gasteiger partial charge < -0.3 is 18.6 Å². The molecule has 2 aliphatic heterocycles. The number of aromatic nitrogens is 2. The van der Waals surface area contributed by atoms with Gasteiger partial charge in [0.15, 0.2) is 0 Å². The molecule has 10 nitrogen and oxygen atoms in total. The molecule has 4 aromatic heterocycles. The summed E-state index contributed by atoms with van der Waals surface area (Å²) in [6.45, 7) is 19.4. The second-order valence-corrected chi connectivity index (χ2v) is 20.8. The molecule has 2 atom stereocenters. The van der Waals surface area contributed by atoms with E-state index in [0.29, 0.717) is 31.5 Å². The van der Waals surface area contributed by atoms with E-state index in [9.17, 15) is 20.1 Å². The zero-order valence-corrected chi connectivity index (χ0v) is 37.5. The molecule has 2 saturated carbocycles. The van der Waals surface area contributed by atoms with E-state index >= 15 is 0 Å². The summed E-state index contributed by atoms with van der Waals surface area (Å²) >= 11 is 5.62. The predicted octanol–water partition coefficient (Wildman–Crippen LogP) is 7.83. The number of nitrogens with zero attached hydrogens (tertiary/aromatic N) is 6. The Morgan fingerprint density at radius 1 is 0.694 bits per heavy atom. The number of fused-ring (bicyclic) bond motifs is 9. The first-order chi connectivity index (χ1) is 30.2. The van der Waals surface area contributed by atoms with Crippen LogP contribution in [0.25, 0.3) is 44.4 Å². The summed E-state index contributed by atoms with van der Waals surface area (Å²) in [5, 5.41) is 19.2. The van der Waals surface area contributed by atoms with Crippen molar-refractivity contribution in [1.82, 2.24) is 9.13 Å². The van der Waals surface area contributed by atoms with Crippen LogP contribution in [0, 0.1) is 47.6 Å². The lowest BCUT2D eigenvalue weighted by Crippen LogP contribution is -2.45. The van der Waals surface area contributed by atoms with Crippen LogP contribution in [0.2, 0.25) is 0 Å². The van der Waals surface area contributed by atoms with Crippen molar-refractivity contribution in [2.45, 2.75) is 102 Å². The molecule has 0 saturated heterocycles. The summed E-state index contributed by atoms with van der Waals surface area (Å²) in [7, 11) is 0. The van der Waals surface area contributed by atoms with Gasteiger partial charge in [-0.15, -0.1) is 45.3 Å². The highest BCUT2D eigenvalue weighted by Gasteiger charge is 2.50. The average Bonchev–Trinajstić information content (AvgIpc) is 4.04. The van der Waals surface area contributed by atoms with Gasteiger partial charge in [0.25, 0.3) is 22.5 Å². The number of hydrogen-bond acceptors (Lipinski definition) is 10. The summed E-state index contributed by atoms with van der Waals surface area (Å²) in [4.78, 5) is 37.8. The first kappa shape index (κ1) is 40.3. The van der Waals surface area contributed by atoms with Crippen LogP contribution in [0.3, 0.4) is 0 Å². The van der Waals surface area contributed by atoms with Gasteiger partial charge in [0.05, 0.1) is 44.1 Å². The topological polar surface area (TPSA) is 119 Å². The summed E-state index contributed by atoms with van der Waals surface area (Å²) in [5.74, 6) is 1.88. The van der Waals surface area contributed by atoms with Crippen LogP contribution in [-0.4, -0.2) is 20.3 Å². The van der Waals surface area contributed by atoms with Gasteiger partial charge in [0.2, 0.25) is 0 Å². The Labute approximate surface area is 373 Å². The number of rotatable bonds is 4. The highest BCUT2D eigenvalue weighted by Crippen LogP contribution is 2.59. The first-order valence-electron chi connectivity index (χ1n) is 21.2. The molecule has 2 fully saturated rings. The Morgan fingerprint density at radius 3 is 1.45 bits per heavy atom. The zero-order chi connectivity index (χ0) is 42.9. The SMILES string of the molecule is [C-]#[N+]/C(C#N)=c1\s/c(=C\c2cc3c(s2)C2=CC4C=C5C(=CC4C=C2C2(CCCCC2)O3)c2sc(/C=c3\s/c(=C(\C#N)[N+]#[C-])n(CC)c3=O)cc2OC52CCCCC2)c(=O)n1CC. The van der Waals surface area contributed by atoms with Gasteiger partial charge in [0.1, 0.15) is 32.0 Å². The van der Waals surface area contributed by atoms with Crippen LogP contribution in [-0.2, 0) is 13.1 Å². The summed E-state index contributed by atoms with van der Waals surface area (Å²) < 4.78 is 19.1. The van der Waals surface area contributed by atoms with E-state index in [0.717, 1.165) is 82.4 Å². The highest BCUT2D eigenvalue weighted by atomic mass is 32.1. The average molecular weight is 893 g/mol. The van der Waals surface area contributed by atoms with Gasteiger partial charge >= 0.3 is 0 Å². The molecule has 0 N–H and O–H groups in total. The van der Waals surface area contributed by atoms with Gasteiger partial charge in [-0.2, -0.15) is 0 Å². The van der Waals surface area contributed by atoms with Gasteiger partial charge in [0, 0.05) is 45.8 Å². The Hall–Kier alpha value is -5.74. The molecule has 0 radical (unpaired) electrons. The molecule has 14 heteroatoms. The standard InChI is InChI=1S/C48H40N6O4S4/c1-5-53-43(55)39(61-45(53)35(25-49)51-3)23-29-21-37-41(59-29)31-17-27-20-34-32(18-28(27)19-33(31)47(57-37)13-9-7-10-14-47)42-38(58-48(34)15-11-8-12-16-48)22-30(60-42)24-40-44(56)54(6-2)46(62-40)36(26-50)52-4/h17-24,27-28H,5-16H2,1-2H3/b39-23-,40-24-,45-35-,46-36+. The van der Waals surface area contributed by atoms with Crippen molar-refractivity contribution in [2.24, 2.45) is 11.8 Å². The normalized spacial score (nSPS) is 22.9. The molecule has 4 aliphatic carbocycles. The summed E-state index contributed by atoms with van der Waals surface area (Å²) in [6.07, 6.45) is 24.0. The van der Waals surface area contributed by atoms with Crippen molar-refractivity contribution < 1.29 is 9.47 Å². The highest BCUT2D eigenvalue weighted by molar-refractivity contribution is 7.15. The Bertz CT molecular complexity index is 3050. The van der Waals surface area contributed by atoms with Crippen molar-refractivity contribution in [3.8, 4) is 23.6 Å². The molecule has 6 aliphatic rings. The number of hydrogen-bond donors (Lipinski definition) is 0. The fourth-order valence-corrected chi connectivity index (χ4v) is 14.8. The van der Waals surface area contributed by atoms with E-state index in [1.54, 1.807) is 22.7 Å². The molecule has 2 unspecified atom stereocenters. The van der Waals surface area contributed by atoms with Crippen molar-refractivity contribution in [3.05, 3.63) is 129 Å². The quantitative estimate of drug-likeness (QED) is 0.193. The van der Waals surface area contributed by atoms with E-state index < -0.39 is 11.2 Å². The predicted molar refractivity (Wildman–Crippen MR) is 246 cm³/mol. The molecule has 4 aromatic rings. The molecule has 2 spiro atoms. The van der Waals surface area contributed by atoms with Crippen molar-refractivity contribution in [1.29, 1.82) is 10.5 Å². The Balaban J connectivity index is 1.10. The van der Waals surface area contributed by atoms with Gasteiger partial charge in [-0.3, -0.25) is 9.59 Å². The van der Waals surface area contributed by atoms with Crippen LogP contribution in [0.15, 0.2) is 57.2 Å². The molecule has 0 bridgehead atoms. The van der Waals surface area contributed by atoms with Gasteiger partial charge in [-0.25, -0.2) is 20.2 Å². The summed E-state index contributed by atoms with van der Waals surface area (Å²) in [6, 6.07) is 8.05. The number of nitriles is 2. The molecule has 0 amide bonds. The largest absolute Gasteiger partial charge is 0.481 e. The fraction of sp³-hybridized carbons (Fsp3) is 0.375. The van der Waals surface area contributed by atoms with Gasteiger partial charge in [-0.1, -0.05) is 37.1 Å². The minimum Gasteiger partial charge on any atom is -0.481 e. The van der Waals surface area contributed by atoms with E-state index in [4.69, 9.17) is 22.6 Å². The van der Waals surface area contributed by atoms with E-state index in [2.05, 4.69) is 46.1 Å². The summed E-state index contributed by atoms with van der Waals surface area (Å²) in [5.41, 5.74) is 3.47. The molecule has 0 aromatic carbocycles. The van der Waals surface area contributed by atoms with Crippen molar-refractivity contribution in [2.75, 3.05) is 0 Å². The fourth-order valence-electron chi connectivity index (χ4n) is 10.3. The van der Waals surface area contributed by atoms with Gasteiger partial charge in [-0.05, 0) is 101 Å². The number of allylic oxidation sites excluding steroid dienone is 4. The molecular formula is C48H40N6O4S4. The Morgan fingerprint density at radius 2 is 1.10 bits per heavy atom. The molecule has 310 valence electrons. The van der Waals surface area contributed by atoms with Crippen LogP contribution in [0.5, 0.6) is 11.5 Å². The maximum absolute atomic E-state index is 13.5. The molecular weight excluding hydrogens is 853 g/mol. The third-order valence-corrected chi connectivity index (χ3v) is 17.6. The monoisotopic (exact) mass is 892 g/mol. The number of thiophene rings is 2. The van der Waals surface area contributed by atoms with Crippen LogP contribution >= 0.6 is 45.3 Å². The number of ether oxygens (including phenoxy) is 2. The minimum atomic E-state index is -0.447. The lowest BCUT2D eigenvalue weighted by atomic mass is 9.65. The second-order valence-electron chi connectivity index (χ2n) is 16.5. The number of thiazole rings is 2. The van der Waals surface area contributed by atoms with E-state index in [1.165, 1.54) is 66.9 Å². The first-order valence-corrected chi connectivity index (χ1v) is 24.5. The van der Waals surface area contributed by atoms with Crippen LogP contribution in [0.1, 0.15) is 97.6 Å². The van der Waals surface area contributed by atoms with Crippen LogP contribution in [0.4, 0.5) is 0 Å². The molecule has 62 heavy (non-hydrogen) atoms. The third-order valence-electron chi connectivity index (χ3n) is 13.1. The van der Waals surface area contributed by atoms with Crippen molar-refractivity contribution >= 4 is 80.0 Å². The van der Waals surface area contributed by atoms with E-state index in [1.807, 2.05) is 38.1 Å². The smallest absolute Gasteiger partial charge is 0.294 e. The third kappa shape index (κ3) is 6.30. The minimum absolute atomic E-state index is 0.0764. The van der Waals surface area contributed by atoms with E-state index in [-0.39, 0.29) is 34.3 Å². The zero-order valence-electron chi connectivity index (χ0n) is 34.2. The molecule has 6 heterocycles. The maximum Gasteiger partial charge on any atom is 0.294 e. The lowest BCUT2D eigenvalue weighted by Gasteiger charge is -2.48. The maximum atomic E-state index is 13.5. The second kappa shape index (κ2) is 15.6. The van der Waals surface area contributed by atoms with Crippen LogP contribution < -0.4 is 39.0 Å². The molecule has 10 rings (SSSR count). The van der Waals surface area contributed by atoms with Crippen molar-refractivity contribution in [3.63, 3.8) is 0 Å². The Kier molecular flexibility index (Phi) is 10.1.